The lowest BCUT2D eigenvalue weighted by atomic mass is 10.1. The number of aromatic nitrogens is 4. The number of pyridine rings is 1. The molecule has 1 aliphatic heterocycles. The average Bonchev–Trinajstić information content (AvgIpc) is 3.51. The number of likely N-dealkylation sites (N-methyl/N-ethyl adjacent to an activating group) is 1. The van der Waals surface area contributed by atoms with Crippen LogP contribution in [0.5, 0.6) is 0 Å². The molecule has 1 aromatic carbocycles. The minimum Gasteiger partial charge on any atom is -0.443 e. The van der Waals surface area contributed by atoms with Gasteiger partial charge in [0.05, 0.1) is 46.5 Å². The van der Waals surface area contributed by atoms with E-state index < -0.39 is 11.7 Å². The van der Waals surface area contributed by atoms with Gasteiger partial charge in [-0.05, 0) is 51.5 Å². The summed E-state index contributed by atoms with van der Waals surface area (Å²) in [6.45, 7) is 8.25. The Balaban J connectivity index is 1.50. The largest absolute Gasteiger partial charge is 0.443 e. The molecule has 10 heteroatoms. The zero-order valence-electron chi connectivity index (χ0n) is 21.8. The maximum Gasteiger partial charge on any atom is 0.419 e. The number of carbonyl (C=O) groups is 1. The summed E-state index contributed by atoms with van der Waals surface area (Å²) in [5, 5.41) is 8.95. The number of hydrogen-bond donors (Lipinski definition) is 1. The van der Waals surface area contributed by atoms with Crippen LogP contribution in [-0.4, -0.2) is 55.4 Å². The summed E-state index contributed by atoms with van der Waals surface area (Å²) in [5.74, 6) is 1.57. The number of halogens is 1. The zero-order valence-corrected chi connectivity index (χ0v) is 22.5. The lowest BCUT2D eigenvalue weighted by Gasteiger charge is -2.23. The van der Waals surface area contributed by atoms with Crippen molar-refractivity contribution in [3.8, 4) is 11.3 Å². The first-order valence-electron chi connectivity index (χ1n) is 12.0. The number of nitrogens with zero attached hydrogens (tertiary/aromatic N) is 6. The lowest BCUT2D eigenvalue weighted by molar-refractivity contribution is 0.0547. The zero-order chi connectivity index (χ0) is 26.5. The molecular weight excluding hydrogens is 490 g/mol. The SMILES string of the molecule is CC1=NCC(c2ccc(Nc3cc4c(cn3)cc(-c3cnn(C)c3)n4C(=O)OC(C)(C)C)c(Cl)c2)N1C. The van der Waals surface area contributed by atoms with Gasteiger partial charge in [-0.2, -0.15) is 5.10 Å². The van der Waals surface area contributed by atoms with E-state index in [1.807, 2.05) is 78.3 Å². The van der Waals surface area contributed by atoms with Gasteiger partial charge in [-0.25, -0.2) is 14.3 Å². The molecule has 3 aromatic heterocycles. The summed E-state index contributed by atoms with van der Waals surface area (Å²) < 4.78 is 8.99. The van der Waals surface area contributed by atoms with Crippen LogP contribution >= 0.6 is 11.6 Å². The van der Waals surface area contributed by atoms with Crippen LogP contribution in [0.4, 0.5) is 16.3 Å². The Hall–Kier alpha value is -3.85. The van der Waals surface area contributed by atoms with Crippen molar-refractivity contribution >= 4 is 45.9 Å². The van der Waals surface area contributed by atoms with Crippen LogP contribution in [0, 0.1) is 0 Å². The van der Waals surface area contributed by atoms with Crippen LogP contribution in [0.25, 0.3) is 22.2 Å². The van der Waals surface area contributed by atoms with E-state index in [0.29, 0.717) is 28.6 Å². The summed E-state index contributed by atoms with van der Waals surface area (Å²) >= 11 is 6.67. The van der Waals surface area contributed by atoms with Crippen molar-refractivity contribution in [3.63, 3.8) is 0 Å². The normalized spacial score (nSPS) is 15.8. The maximum absolute atomic E-state index is 13.3. The van der Waals surface area contributed by atoms with Crippen LogP contribution in [-0.2, 0) is 11.8 Å². The third-order valence-electron chi connectivity index (χ3n) is 6.37. The van der Waals surface area contributed by atoms with E-state index >= 15 is 0 Å². The summed E-state index contributed by atoms with van der Waals surface area (Å²) in [6, 6.07) is 9.86. The van der Waals surface area contributed by atoms with Crippen LogP contribution in [0.1, 0.15) is 39.3 Å². The molecule has 0 amide bonds. The van der Waals surface area contributed by atoms with E-state index in [0.717, 1.165) is 28.0 Å². The topological polar surface area (TPSA) is 89.6 Å². The summed E-state index contributed by atoms with van der Waals surface area (Å²) in [4.78, 5) is 24.6. The monoisotopic (exact) mass is 519 g/mol. The molecule has 4 aromatic rings. The van der Waals surface area contributed by atoms with E-state index in [1.54, 1.807) is 21.6 Å². The number of nitrogens with one attached hydrogen (secondary N) is 1. The van der Waals surface area contributed by atoms with Gasteiger partial charge >= 0.3 is 6.09 Å². The quantitative estimate of drug-likeness (QED) is 0.354. The molecule has 4 heterocycles. The van der Waals surface area contributed by atoms with Crippen molar-refractivity contribution in [2.75, 3.05) is 18.9 Å². The molecule has 5 rings (SSSR count). The van der Waals surface area contributed by atoms with E-state index in [2.05, 4.69) is 25.3 Å². The van der Waals surface area contributed by atoms with Gasteiger partial charge in [0.25, 0.3) is 0 Å². The van der Waals surface area contributed by atoms with E-state index in [1.165, 1.54) is 0 Å². The highest BCUT2D eigenvalue weighted by Crippen LogP contribution is 2.34. The minimum atomic E-state index is -0.653. The molecule has 1 unspecified atom stereocenters. The summed E-state index contributed by atoms with van der Waals surface area (Å²) in [5.41, 5.74) is 3.31. The molecule has 0 fully saturated rings. The van der Waals surface area contributed by atoms with Gasteiger partial charge in [-0.15, -0.1) is 0 Å². The second-order valence-electron chi connectivity index (χ2n) is 10.3. The van der Waals surface area contributed by atoms with E-state index in [9.17, 15) is 4.79 Å². The minimum absolute atomic E-state index is 0.170. The first-order chi connectivity index (χ1) is 17.5. The molecule has 9 nitrogen and oxygen atoms in total. The summed E-state index contributed by atoms with van der Waals surface area (Å²) in [7, 11) is 3.87. The fourth-order valence-corrected chi connectivity index (χ4v) is 4.66. The molecule has 0 radical (unpaired) electrons. The van der Waals surface area contributed by atoms with Crippen molar-refractivity contribution < 1.29 is 9.53 Å². The second kappa shape index (κ2) is 9.23. The molecule has 37 heavy (non-hydrogen) atoms. The predicted molar refractivity (Wildman–Crippen MR) is 147 cm³/mol. The van der Waals surface area contributed by atoms with Gasteiger partial charge < -0.3 is 15.0 Å². The number of ether oxygens (including phenoxy) is 1. The number of hydrogen-bond acceptors (Lipinski definition) is 7. The average molecular weight is 520 g/mol. The molecule has 192 valence electrons. The smallest absolute Gasteiger partial charge is 0.419 e. The third kappa shape index (κ3) is 4.91. The highest BCUT2D eigenvalue weighted by atomic mass is 35.5. The Morgan fingerprint density at radius 3 is 2.57 bits per heavy atom. The number of aryl methyl sites for hydroxylation is 1. The third-order valence-corrected chi connectivity index (χ3v) is 6.69. The van der Waals surface area contributed by atoms with Crippen molar-refractivity contribution in [2.45, 2.75) is 39.3 Å². The molecule has 1 atom stereocenters. The standard InChI is InChI=1S/C27H30ClN7O2/c1-16-29-14-24(34(16)6)17-7-8-21(20(28)9-17)32-25-11-23-18(12-30-25)10-22(19-13-31-33(5)15-19)35(23)26(36)37-27(2,3)4/h7-13,15,24H,14H2,1-6H3,(H,30,32). The fourth-order valence-electron chi connectivity index (χ4n) is 4.43. The van der Waals surface area contributed by atoms with Crippen LogP contribution in [0.2, 0.25) is 5.02 Å². The highest BCUT2D eigenvalue weighted by Gasteiger charge is 2.25. The lowest BCUT2D eigenvalue weighted by Crippen LogP contribution is -2.27. The van der Waals surface area contributed by atoms with Crippen molar-refractivity contribution in [3.05, 3.63) is 59.5 Å². The Morgan fingerprint density at radius 1 is 1.16 bits per heavy atom. The molecular formula is C27H30ClN7O2. The van der Waals surface area contributed by atoms with Gasteiger partial charge in [-0.1, -0.05) is 17.7 Å². The number of fused-ring (bicyclic) bond motifs is 1. The maximum atomic E-state index is 13.3. The Bertz CT molecular complexity index is 1530. The van der Waals surface area contributed by atoms with Crippen molar-refractivity contribution in [1.29, 1.82) is 0 Å². The van der Waals surface area contributed by atoms with Gasteiger partial charge in [0, 0.05) is 43.5 Å². The number of benzene rings is 1. The van der Waals surface area contributed by atoms with E-state index in [-0.39, 0.29) is 6.04 Å². The number of rotatable bonds is 4. The van der Waals surface area contributed by atoms with Crippen LogP contribution in [0.15, 0.2) is 53.9 Å². The predicted octanol–water partition coefficient (Wildman–Crippen LogP) is 6.02. The molecule has 1 N–H and O–H groups in total. The molecule has 0 aliphatic carbocycles. The highest BCUT2D eigenvalue weighted by molar-refractivity contribution is 6.33. The first-order valence-corrected chi connectivity index (χ1v) is 12.4. The van der Waals surface area contributed by atoms with Crippen molar-refractivity contribution in [1.82, 2.24) is 24.2 Å². The Kier molecular flexibility index (Phi) is 6.19. The number of aliphatic imine (C=N–C) groups is 1. The molecule has 1 aliphatic rings. The first kappa shape index (κ1) is 24.8. The fraction of sp³-hybridized carbons (Fsp3) is 0.333. The van der Waals surface area contributed by atoms with Crippen molar-refractivity contribution in [2.24, 2.45) is 12.0 Å². The molecule has 0 bridgehead atoms. The molecule has 0 saturated carbocycles. The van der Waals surface area contributed by atoms with Gasteiger partial charge in [0.15, 0.2) is 0 Å². The van der Waals surface area contributed by atoms with Gasteiger partial charge in [-0.3, -0.25) is 9.67 Å². The number of carbonyl (C=O) groups excluding carboxylic acids is 1. The van der Waals surface area contributed by atoms with E-state index in [4.69, 9.17) is 16.3 Å². The molecule has 0 saturated heterocycles. The Labute approximate surface area is 220 Å². The van der Waals surface area contributed by atoms with Gasteiger partial charge in [0.1, 0.15) is 11.4 Å². The second-order valence-corrected chi connectivity index (χ2v) is 10.7. The number of amidine groups is 1. The Morgan fingerprint density at radius 2 is 1.95 bits per heavy atom. The summed E-state index contributed by atoms with van der Waals surface area (Å²) in [6.07, 6.45) is 4.84. The van der Waals surface area contributed by atoms with Crippen LogP contribution < -0.4 is 5.32 Å². The van der Waals surface area contributed by atoms with Gasteiger partial charge in [0.2, 0.25) is 0 Å². The number of anilines is 2. The molecule has 0 spiro atoms. The van der Waals surface area contributed by atoms with Crippen LogP contribution in [0.3, 0.4) is 0 Å².